The van der Waals surface area contributed by atoms with E-state index in [9.17, 15) is 4.79 Å². The van der Waals surface area contributed by atoms with Gasteiger partial charge in [-0.15, -0.1) is 11.3 Å². The lowest BCUT2D eigenvalue weighted by atomic mass is 10.0. The fraction of sp³-hybridized carbons (Fsp3) is 0.474. The molecule has 1 amide bonds. The molecule has 2 aromatic rings. The van der Waals surface area contributed by atoms with Crippen LogP contribution in [0.2, 0.25) is 0 Å². The highest BCUT2D eigenvalue weighted by molar-refractivity contribution is 7.14. The minimum Gasteiger partial charge on any atom is -0.362 e. The molecule has 1 aromatic carbocycles. The predicted octanol–water partition coefficient (Wildman–Crippen LogP) is 5.15. The third-order valence-corrected chi connectivity index (χ3v) is 5.33. The number of hydrogen-bond donors (Lipinski definition) is 2. The largest absolute Gasteiger partial charge is 0.362 e. The normalized spacial score (nSPS) is 14.7. The van der Waals surface area contributed by atoms with Gasteiger partial charge in [0.25, 0.3) is 0 Å². The minimum absolute atomic E-state index is 0.116. The number of carbonyl (C=O) groups excluding carboxylic acids is 1. The minimum atomic E-state index is 0.116. The molecule has 0 bridgehead atoms. The number of carbonyl (C=O) groups is 1. The molecule has 1 saturated carbocycles. The van der Waals surface area contributed by atoms with Crippen LogP contribution in [-0.4, -0.2) is 17.4 Å². The molecule has 0 radical (unpaired) electrons. The van der Waals surface area contributed by atoms with Crippen molar-refractivity contribution in [2.24, 2.45) is 5.92 Å². The smallest absolute Gasteiger partial charge is 0.224 e. The lowest BCUT2D eigenvalue weighted by molar-refractivity contribution is -0.116. The average molecular weight is 343 g/mol. The quantitative estimate of drug-likeness (QED) is 0.731. The molecule has 1 aromatic heterocycles. The van der Waals surface area contributed by atoms with E-state index in [0.29, 0.717) is 6.42 Å². The highest BCUT2D eigenvalue weighted by Crippen LogP contribution is 2.29. The Kier molecular flexibility index (Phi) is 5.86. The Balaban J connectivity index is 1.58. The Morgan fingerprint density at radius 2 is 2.17 bits per heavy atom. The Hall–Kier alpha value is -1.88. The summed E-state index contributed by atoms with van der Waals surface area (Å²) in [6.45, 7) is 2.92. The first-order chi connectivity index (χ1) is 11.7. The number of nitrogens with zero attached hydrogens (tertiary/aromatic N) is 1. The van der Waals surface area contributed by atoms with Crippen molar-refractivity contribution in [1.29, 1.82) is 0 Å². The van der Waals surface area contributed by atoms with Gasteiger partial charge in [-0.1, -0.05) is 37.8 Å². The predicted molar refractivity (Wildman–Crippen MR) is 102 cm³/mol. The van der Waals surface area contributed by atoms with Crippen LogP contribution < -0.4 is 10.6 Å². The van der Waals surface area contributed by atoms with E-state index in [1.54, 1.807) is 11.3 Å². The molecule has 0 unspecified atom stereocenters. The Labute approximate surface area is 147 Å². The van der Waals surface area contributed by atoms with Gasteiger partial charge in [0.2, 0.25) is 5.91 Å². The summed E-state index contributed by atoms with van der Waals surface area (Å²) in [6.07, 6.45) is 6.88. The van der Waals surface area contributed by atoms with Crippen molar-refractivity contribution >= 4 is 28.1 Å². The van der Waals surface area contributed by atoms with Crippen LogP contribution in [0.3, 0.4) is 0 Å². The van der Waals surface area contributed by atoms with E-state index in [1.165, 1.54) is 25.7 Å². The number of thiazole rings is 1. The molecule has 3 rings (SSSR count). The molecule has 4 nitrogen and oxygen atoms in total. The molecule has 1 fully saturated rings. The van der Waals surface area contributed by atoms with Crippen LogP contribution in [0.4, 0.5) is 10.8 Å². The van der Waals surface area contributed by atoms with E-state index >= 15 is 0 Å². The molecule has 24 heavy (non-hydrogen) atoms. The lowest BCUT2D eigenvalue weighted by Gasteiger charge is -2.09. The van der Waals surface area contributed by atoms with Gasteiger partial charge in [-0.25, -0.2) is 4.98 Å². The van der Waals surface area contributed by atoms with Gasteiger partial charge in [0.1, 0.15) is 0 Å². The second kappa shape index (κ2) is 8.29. The first kappa shape index (κ1) is 17.0. The molecule has 1 heterocycles. The maximum absolute atomic E-state index is 12.2. The second-order valence-corrected chi connectivity index (χ2v) is 7.24. The van der Waals surface area contributed by atoms with Gasteiger partial charge in [-0.3, -0.25) is 4.79 Å². The lowest BCUT2D eigenvalue weighted by Crippen LogP contribution is -2.12. The number of amides is 1. The van der Waals surface area contributed by atoms with Crippen molar-refractivity contribution in [2.75, 3.05) is 17.2 Å². The summed E-state index contributed by atoms with van der Waals surface area (Å²) in [5.41, 5.74) is 2.82. The maximum atomic E-state index is 12.2. The Bertz CT molecular complexity index is 677. The summed E-state index contributed by atoms with van der Waals surface area (Å²) in [7, 11) is 0. The van der Waals surface area contributed by atoms with Crippen molar-refractivity contribution < 1.29 is 4.79 Å². The SMILES string of the molecule is CCNc1nc(-c2cccc(NC(=O)CCC3CCCC3)c2)cs1. The number of benzene rings is 1. The van der Waals surface area contributed by atoms with Crippen LogP contribution in [0.5, 0.6) is 0 Å². The molecule has 5 heteroatoms. The highest BCUT2D eigenvalue weighted by Gasteiger charge is 2.16. The van der Waals surface area contributed by atoms with Gasteiger partial charge in [0, 0.05) is 29.6 Å². The number of aromatic nitrogens is 1. The van der Waals surface area contributed by atoms with E-state index in [4.69, 9.17) is 0 Å². The van der Waals surface area contributed by atoms with Gasteiger partial charge < -0.3 is 10.6 Å². The third-order valence-electron chi connectivity index (χ3n) is 4.53. The summed E-state index contributed by atoms with van der Waals surface area (Å²) < 4.78 is 0. The monoisotopic (exact) mass is 343 g/mol. The number of rotatable bonds is 7. The third kappa shape index (κ3) is 4.57. The molecule has 0 aliphatic heterocycles. The molecule has 128 valence electrons. The molecule has 1 aliphatic carbocycles. The van der Waals surface area contributed by atoms with Gasteiger partial charge in [0.05, 0.1) is 5.69 Å². The topological polar surface area (TPSA) is 54.0 Å². The maximum Gasteiger partial charge on any atom is 0.224 e. The summed E-state index contributed by atoms with van der Waals surface area (Å²) in [5.74, 6) is 0.868. The van der Waals surface area contributed by atoms with E-state index in [2.05, 4.69) is 22.5 Å². The summed E-state index contributed by atoms with van der Waals surface area (Å²) in [6, 6.07) is 7.93. The fourth-order valence-corrected chi connectivity index (χ4v) is 4.04. The fourth-order valence-electron chi connectivity index (χ4n) is 3.25. The molecular formula is C19H25N3OS. The number of anilines is 2. The van der Waals surface area contributed by atoms with E-state index in [0.717, 1.165) is 41.0 Å². The average Bonchev–Trinajstić information content (AvgIpc) is 3.25. The van der Waals surface area contributed by atoms with Crippen molar-refractivity contribution in [3.05, 3.63) is 29.6 Å². The van der Waals surface area contributed by atoms with E-state index in [1.807, 2.05) is 29.6 Å². The van der Waals surface area contributed by atoms with Crippen LogP contribution >= 0.6 is 11.3 Å². The van der Waals surface area contributed by atoms with Crippen LogP contribution in [0.25, 0.3) is 11.3 Å². The van der Waals surface area contributed by atoms with Gasteiger partial charge in [-0.2, -0.15) is 0 Å². The van der Waals surface area contributed by atoms with Crippen molar-refractivity contribution in [3.8, 4) is 11.3 Å². The zero-order valence-electron chi connectivity index (χ0n) is 14.2. The zero-order valence-corrected chi connectivity index (χ0v) is 15.0. The molecule has 0 atom stereocenters. The molecule has 0 spiro atoms. The Morgan fingerprint density at radius 3 is 2.96 bits per heavy atom. The first-order valence-corrected chi connectivity index (χ1v) is 9.72. The van der Waals surface area contributed by atoms with E-state index in [-0.39, 0.29) is 5.91 Å². The van der Waals surface area contributed by atoms with E-state index < -0.39 is 0 Å². The van der Waals surface area contributed by atoms with Gasteiger partial charge in [0.15, 0.2) is 5.13 Å². The van der Waals surface area contributed by atoms with Gasteiger partial charge in [-0.05, 0) is 31.4 Å². The molecular weight excluding hydrogens is 318 g/mol. The molecule has 0 saturated heterocycles. The van der Waals surface area contributed by atoms with Crippen molar-refractivity contribution in [1.82, 2.24) is 4.98 Å². The molecule has 2 N–H and O–H groups in total. The number of nitrogens with one attached hydrogen (secondary N) is 2. The van der Waals surface area contributed by atoms with Crippen LogP contribution in [0.1, 0.15) is 45.4 Å². The summed E-state index contributed by atoms with van der Waals surface area (Å²) in [4.78, 5) is 16.7. The highest BCUT2D eigenvalue weighted by atomic mass is 32.1. The molecule has 1 aliphatic rings. The van der Waals surface area contributed by atoms with Crippen molar-refractivity contribution in [2.45, 2.75) is 45.4 Å². The summed E-state index contributed by atoms with van der Waals surface area (Å²) in [5, 5.41) is 9.22. The van der Waals surface area contributed by atoms with Crippen LogP contribution in [-0.2, 0) is 4.79 Å². The number of hydrogen-bond acceptors (Lipinski definition) is 4. The van der Waals surface area contributed by atoms with Crippen LogP contribution in [0, 0.1) is 5.92 Å². The van der Waals surface area contributed by atoms with Crippen LogP contribution in [0.15, 0.2) is 29.6 Å². The standard InChI is InChI=1S/C19H25N3OS/c1-2-20-19-22-17(13-24-19)15-8-5-9-16(12-15)21-18(23)11-10-14-6-3-4-7-14/h5,8-9,12-14H,2-4,6-7,10-11H2,1H3,(H,20,22)(H,21,23). The zero-order chi connectivity index (χ0) is 16.8. The Morgan fingerprint density at radius 1 is 1.33 bits per heavy atom. The first-order valence-electron chi connectivity index (χ1n) is 8.84. The second-order valence-electron chi connectivity index (χ2n) is 6.39. The van der Waals surface area contributed by atoms with Crippen molar-refractivity contribution in [3.63, 3.8) is 0 Å². The summed E-state index contributed by atoms with van der Waals surface area (Å²) >= 11 is 1.60. The van der Waals surface area contributed by atoms with Gasteiger partial charge >= 0.3 is 0 Å².